The molecule has 0 N–H and O–H groups in total. The van der Waals surface area contributed by atoms with E-state index in [0.717, 1.165) is 41.4 Å². The third-order valence-corrected chi connectivity index (χ3v) is 10.9. The molecule has 0 unspecified atom stereocenters. The predicted octanol–water partition coefficient (Wildman–Crippen LogP) is 12.9. The molecule has 4 nitrogen and oxygen atoms in total. The van der Waals surface area contributed by atoms with Crippen molar-refractivity contribution in [1.29, 1.82) is 0 Å². The van der Waals surface area contributed by atoms with E-state index in [2.05, 4.69) is 181 Å². The summed E-state index contributed by atoms with van der Waals surface area (Å²) in [4.78, 5) is 7.51. The van der Waals surface area contributed by atoms with Crippen molar-refractivity contribution in [3.8, 4) is 11.5 Å². The van der Waals surface area contributed by atoms with Crippen LogP contribution in [0.25, 0.3) is 0 Å². The minimum Gasteiger partial charge on any atom is -0.453 e. The number of hydrogen-bond acceptors (Lipinski definition) is 4. The third-order valence-electron chi connectivity index (χ3n) is 10.9. The number of rotatable bonds is 3. The van der Waals surface area contributed by atoms with Crippen LogP contribution in [0.2, 0.25) is 0 Å². The molecule has 10 rings (SSSR count). The quantitative estimate of drug-likeness (QED) is 0.188. The van der Waals surface area contributed by atoms with Gasteiger partial charge in [-0.25, -0.2) is 0 Å². The molecule has 0 amide bonds. The summed E-state index contributed by atoms with van der Waals surface area (Å²) >= 11 is 0. The fourth-order valence-electron chi connectivity index (χ4n) is 8.80. The van der Waals surface area contributed by atoms with Gasteiger partial charge in [0.2, 0.25) is 0 Å². The molecular formula is C47H37N3O. The predicted molar refractivity (Wildman–Crippen MR) is 210 cm³/mol. The Hall–Kier alpha value is -6.26. The summed E-state index contributed by atoms with van der Waals surface area (Å²) in [7, 11) is 0. The molecule has 0 saturated carbocycles. The Morgan fingerprint density at radius 1 is 0.333 bits per heavy atom. The molecule has 7 aromatic carbocycles. The fourth-order valence-corrected chi connectivity index (χ4v) is 8.80. The molecule has 0 radical (unpaired) electrons. The zero-order valence-electron chi connectivity index (χ0n) is 29.0. The first kappa shape index (κ1) is 29.6. The smallest absolute Gasteiger partial charge is 0.151 e. The molecule has 7 aromatic rings. The van der Waals surface area contributed by atoms with Gasteiger partial charge in [-0.3, -0.25) is 0 Å². The minimum absolute atomic E-state index is 0.848. The maximum atomic E-state index is 6.55. The highest BCUT2D eigenvalue weighted by molar-refractivity contribution is 6.00. The van der Waals surface area contributed by atoms with Crippen molar-refractivity contribution in [2.45, 2.75) is 33.6 Å². The molecule has 0 atom stereocenters. The molecule has 0 fully saturated rings. The molecule has 0 saturated heterocycles. The summed E-state index contributed by atoms with van der Waals surface area (Å²) < 4.78 is 6.55. The van der Waals surface area contributed by atoms with Crippen molar-refractivity contribution < 1.29 is 4.74 Å². The van der Waals surface area contributed by atoms with E-state index >= 15 is 0 Å². The van der Waals surface area contributed by atoms with E-state index in [1.807, 2.05) is 0 Å². The van der Waals surface area contributed by atoms with Crippen LogP contribution in [-0.2, 0) is 12.8 Å². The lowest BCUT2D eigenvalue weighted by Gasteiger charge is -2.42. The van der Waals surface area contributed by atoms with Crippen molar-refractivity contribution in [2.75, 3.05) is 14.7 Å². The molecular weight excluding hydrogens is 623 g/mol. The molecule has 3 heterocycles. The van der Waals surface area contributed by atoms with Gasteiger partial charge >= 0.3 is 0 Å². The molecule has 246 valence electrons. The van der Waals surface area contributed by atoms with Crippen molar-refractivity contribution in [2.24, 2.45) is 0 Å². The summed E-state index contributed by atoms with van der Waals surface area (Å²) in [5.74, 6) is 1.70. The van der Waals surface area contributed by atoms with Crippen LogP contribution in [0.1, 0.15) is 38.9 Å². The van der Waals surface area contributed by atoms with Crippen LogP contribution in [0.15, 0.2) is 146 Å². The lowest BCUT2D eigenvalue weighted by molar-refractivity contribution is 0.477. The molecule has 51 heavy (non-hydrogen) atoms. The van der Waals surface area contributed by atoms with Crippen LogP contribution < -0.4 is 19.4 Å². The number of para-hydroxylation sites is 8. The van der Waals surface area contributed by atoms with Crippen LogP contribution in [0.3, 0.4) is 0 Å². The number of anilines is 9. The molecule has 4 heteroatoms. The van der Waals surface area contributed by atoms with Gasteiger partial charge in [0, 0.05) is 35.6 Å². The highest BCUT2D eigenvalue weighted by Gasteiger charge is 2.36. The summed E-state index contributed by atoms with van der Waals surface area (Å²) in [5.41, 5.74) is 19.5. The number of nitrogens with zero attached hydrogens (tertiary/aromatic N) is 3. The van der Waals surface area contributed by atoms with Crippen LogP contribution >= 0.6 is 0 Å². The van der Waals surface area contributed by atoms with E-state index in [0.29, 0.717) is 0 Å². The first-order valence-corrected chi connectivity index (χ1v) is 17.8. The van der Waals surface area contributed by atoms with Gasteiger partial charge in [-0.15, -0.1) is 0 Å². The first-order valence-electron chi connectivity index (χ1n) is 17.8. The SMILES string of the molecule is Cc1c(N2c3ccccc3Cc3ccccc32)c(C)c(N2c3ccccc3Oc3ccccc32)c(C)c1N1c2ccccc2Cc2ccccc21. The summed E-state index contributed by atoms with van der Waals surface area (Å²) in [6.45, 7) is 6.95. The molecule has 0 aromatic heterocycles. The Morgan fingerprint density at radius 2 is 0.588 bits per heavy atom. The largest absolute Gasteiger partial charge is 0.453 e. The van der Waals surface area contributed by atoms with Gasteiger partial charge in [-0.2, -0.15) is 0 Å². The summed E-state index contributed by atoms with van der Waals surface area (Å²) in [6.07, 6.45) is 1.81. The summed E-state index contributed by atoms with van der Waals surface area (Å²) in [6, 6.07) is 52.5. The van der Waals surface area contributed by atoms with E-state index in [9.17, 15) is 0 Å². The lowest BCUT2D eigenvalue weighted by Crippen LogP contribution is -2.26. The van der Waals surface area contributed by atoms with Gasteiger partial charge in [0.1, 0.15) is 0 Å². The van der Waals surface area contributed by atoms with Gasteiger partial charge in [0.05, 0.1) is 28.4 Å². The van der Waals surface area contributed by atoms with Gasteiger partial charge in [0.25, 0.3) is 0 Å². The van der Waals surface area contributed by atoms with E-state index in [-0.39, 0.29) is 0 Å². The van der Waals surface area contributed by atoms with Crippen molar-refractivity contribution in [1.82, 2.24) is 0 Å². The topological polar surface area (TPSA) is 19.0 Å². The third kappa shape index (κ3) is 4.39. The highest BCUT2D eigenvalue weighted by Crippen LogP contribution is 2.59. The highest BCUT2D eigenvalue weighted by atomic mass is 16.5. The Labute approximate surface area is 299 Å². The van der Waals surface area contributed by atoms with Gasteiger partial charge < -0.3 is 19.4 Å². The first-order chi connectivity index (χ1) is 25.1. The normalized spacial score (nSPS) is 13.7. The maximum absolute atomic E-state index is 6.55. The zero-order chi connectivity index (χ0) is 34.2. The van der Waals surface area contributed by atoms with Crippen LogP contribution in [0.5, 0.6) is 11.5 Å². The fraction of sp³-hybridized carbons (Fsp3) is 0.106. The van der Waals surface area contributed by atoms with E-state index in [1.54, 1.807) is 0 Å². The average molecular weight is 660 g/mol. The van der Waals surface area contributed by atoms with Crippen molar-refractivity contribution in [3.05, 3.63) is 185 Å². The number of benzene rings is 7. The van der Waals surface area contributed by atoms with E-state index < -0.39 is 0 Å². The Kier molecular flexibility index (Phi) is 6.62. The Bertz CT molecular complexity index is 2100. The van der Waals surface area contributed by atoms with Crippen LogP contribution in [-0.4, -0.2) is 0 Å². The lowest BCUT2D eigenvalue weighted by atomic mass is 9.89. The number of hydrogen-bond donors (Lipinski definition) is 0. The zero-order valence-corrected chi connectivity index (χ0v) is 29.0. The number of ether oxygens (including phenoxy) is 1. The minimum atomic E-state index is 0.848. The van der Waals surface area contributed by atoms with Crippen LogP contribution in [0.4, 0.5) is 51.2 Å². The molecule has 0 aliphatic carbocycles. The molecule has 3 aliphatic heterocycles. The second kappa shape index (κ2) is 11.4. The van der Waals surface area contributed by atoms with Gasteiger partial charge in [-0.1, -0.05) is 97.1 Å². The monoisotopic (exact) mass is 659 g/mol. The average Bonchev–Trinajstić information content (AvgIpc) is 3.17. The Morgan fingerprint density at radius 3 is 0.922 bits per heavy atom. The second-order valence-electron chi connectivity index (χ2n) is 13.8. The molecule has 0 spiro atoms. The van der Waals surface area contributed by atoms with Crippen LogP contribution in [0, 0.1) is 20.8 Å². The van der Waals surface area contributed by atoms with E-state index in [4.69, 9.17) is 4.74 Å². The maximum Gasteiger partial charge on any atom is 0.151 e. The number of fused-ring (bicyclic) bond motifs is 6. The molecule has 3 aliphatic rings. The van der Waals surface area contributed by atoms with Gasteiger partial charge in [0.15, 0.2) is 11.5 Å². The van der Waals surface area contributed by atoms with Gasteiger partial charge in [-0.05, 0) is 108 Å². The summed E-state index contributed by atoms with van der Waals surface area (Å²) in [5, 5.41) is 0. The standard InChI is InChI=1S/C47H37N3O/c1-30-45(48-37-20-8-4-16-33(37)28-34-17-5-9-21-38(34)48)31(2)47(50-41-24-12-14-26-43(41)51-44-27-15-13-25-42(44)50)32(3)46(30)49-39-22-10-6-18-35(39)29-36-19-7-11-23-40(36)49/h4-27H,28-29H2,1-3H3. The molecule has 0 bridgehead atoms. The van der Waals surface area contributed by atoms with Crippen molar-refractivity contribution >= 4 is 51.2 Å². The second-order valence-corrected chi connectivity index (χ2v) is 13.8. The van der Waals surface area contributed by atoms with Crippen molar-refractivity contribution in [3.63, 3.8) is 0 Å². The Balaban J connectivity index is 1.35. The van der Waals surface area contributed by atoms with E-state index in [1.165, 1.54) is 73.1 Å².